The number of aromatic nitrogens is 1. The maximum atomic E-state index is 12.2. The zero-order chi connectivity index (χ0) is 15.5. The zero-order valence-electron chi connectivity index (χ0n) is 11.9. The molecule has 0 amide bonds. The molecule has 0 radical (unpaired) electrons. The molecule has 0 saturated heterocycles. The molecule has 1 heterocycles. The van der Waals surface area contributed by atoms with Crippen molar-refractivity contribution in [2.24, 2.45) is 0 Å². The molecule has 2 N–H and O–H groups in total. The number of nitrogens with one attached hydrogen (secondary N) is 1. The molecule has 1 atom stereocenters. The van der Waals surface area contributed by atoms with Crippen molar-refractivity contribution in [3.05, 3.63) is 51.5 Å². The molecule has 1 aromatic carbocycles. The minimum Gasteiger partial charge on any atom is -0.392 e. The molecule has 0 spiro atoms. The average molecular weight is 326 g/mol. The number of rotatable bonds is 6. The molecule has 1 unspecified atom stereocenters. The lowest BCUT2D eigenvalue weighted by molar-refractivity contribution is 0.282. The predicted octanol–water partition coefficient (Wildman–Crippen LogP) is 2.12. The van der Waals surface area contributed by atoms with Gasteiger partial charge in [0.2, 0.25) is 10.0 Å². The number of aliphatic hydroxyl groups excluding tert-OH is 1. The van der Waals surface area contributed by atoms with E-state index in [-0.39, 0.29) is 18.4 Å². The third kappa shape index (κ3) is 4.60. The molecule has 7 heteroatoms. The zero-order valence-corrected chi connectivity index (χ0v) is 13.5. The Labute approximate surface area is 128 Å². The molecule has 0 aliphatic carbocycles. The number of thiazole rings is 1. The van der Waals surface area contributed by atoms with E-state index < -0.39 is 10.0 Å². The highest BCUT2D eigenvalue weighted by Crippen LogP contribution is 2.19. The van der Waals surface area contributed by atoms with Crippen LogP contribution in [-0.4, -0.2) is 18.5 Å². The van der Waals surface area contributed by atoms with Crippen LogP contribution >= 0.6 is 11.3 Å². The molecule has 21 heavy (non-hydrogen) atoms. The molecule has 5 nitrogen and oxygen atoms in total. The molecule has 2 aromatic rings. The lowest BCUT2D eigenvalue weighted by Gasteiger charge is -2.12. The minimum atomic E-state index is -3.44. The van der Waals surface area contributed by atoms with E-state index in [0.29, 0.717) is 5.56 Å². The number of aliphatic hydroxyl groups is 1. The van der Waals surface area contributed by atoms with Crippen LogP contribution in [0.5, 0.6) is 0 Å². The molecular weight excluding hydrogens is 308 g/mol. The second-order valence-corrected chi connectivity index (χ2v) is 7.54. The number of aryl methyl sites for hydroxylation is 1. The van der Waals surface area contributed by atoms with Gasteiger partial charge in [-0.05, 0) is 25.0 Å². The van der Waals surface area contributed by atoms with Gasteiger partial charge in [0.15, 0.2) is 0 Å². The van der Waals surface area contributed by atoms with Crippen molar-refractivity contribution in [3.8, 4) is 0 Å². The van der Waals surface area contributed by atoms with Crippen molar-refractivity contribution in [2.75, 3.05) is 0 Å². The molecule has 0 aliphatic rings. The third-order valence-corrected chi connectivity index (χ3v) is 5.50. The van der Waals surface area contributed by atoms with Crippen LogP contribution in [-0.2, 0) is 22.4 Å². The fraction of sp³-hybridized carbons (Fsp3) is 0.357. The highest BCUT2D eigenvalue weighted by atomic mass is 32.2. The maximum Gasteiger partial charge on any atom is 0.216 e. The highest BCUT2D eigenvalue weighted by Gasteiger charge is 2.18. The van der Waals surface area contributed by atoms with Crippen LogP contribution in [0.3, 0.4) is 0 Å². The van der Waals surface area contributed by atoms with Gasteiger partial charge in [-0.25, -0.2) is 18.1 Å². The Morgan fingerprint density at radius 1 is 1.29 bits per heavy atom. The van der Waals surface area contributed by atoms with Gasteiger partial charge in [0, 0.05) is 11.1 Å². The summed E-state index contributed by atoms with van der Waals surface area (Å²) in [5.74, 6) is -0.0899. The summed E-state index contributed by atoms with van der Waals surface area (Å²) in [5, 5.41) is 11.6. The first kappa shape index (κ1) is 16.1. The molecular formula is C14H18N2O3S2. The smallest absolute Gasteiger partial charge is 0.216 e. The van der Waals surface area contributed by atoms with E-state index in [2.05, 4.69) is 9.71 Å². The predicted molar refractivity (Wildman–Crippen MR) is 83.4 cm³/mol. The fourth-order valence-corrected chi connectivity index (χ4v) is 4.14. The van der Waals surface area contributed by atoms with Gasteiger partial charge in [-0.2, -0.15) is 0 Å². The SMILES string of the molecule is Cc1csc(C(C)NS(=O)(=O)Cc2ccc(CO)cc2)n1. The third-order valence-electron chi connectivity index (χ3n) is 2.93. The molecule has 0 fully saturated rings. The first-order valence-corrected chi connectivity index (χ1v) is 9.03. The Balaban J connectivity index is 2.04. The van der Waals surface area contributed by atoms with Gasteiger partial charge in [-0.1, -0.05) is 24.3 Å². The lowest BCUT2D eigenvalue weighted by atomic mass is 10.2. The van der Waals surface area contributed by atoms with Gasteiger partial charge in [-0.3, -0.25) is 0 Å². The van der Waals surface area contributed by atoms with Gasteiger partial charge in [0.1, 0.15) is 5.01 Å². The van der Waals surface area contributed by atoms with Gasteiger partial charge < -0.3 is 5.11 Å². The normalized spacial score (nSPS) is 13.3. The number of benzene rings is 1. The van der Waals surface area contributed by atoms with Crippen molar-refractivity contribution < 1.29 is 13.5 Å². The largest absolute Gasteiger partial charge is 0.392 e. The van der Waals surface area contributed by atoms with Gasteiger partial charge >= 0.3 is 0 Å². The Hall–Kier alpha value is -1.28. The molecule has 114 valence electrons. The summed E-state index contributed by atoms with van der Waals surface area (Å²) in [6, 6.07) is 6.52. The van der Waals surface area contributed by atoms with E-state index in [0.717, 1.165) is 16.3 Å². The van der Waals surface area contributed by atoms with E-state index in [9.17, 15) is 8.42 Å². The van der Waals surface area contributed by atoms with Crippen molar-refractivity contribution in [1.29, 1.82) is 0 Å². The first-order valence-electron chi connectivity index (χ1n) is 6.50. The van der Waals surface area contributed by atoms with Crippen LogP contribution in [0.25, 0.3) is 0 Å². The number of hydrogen-bond acceptors (Lipinski definition) is 5. The Morgan fingerprint density at radius 3 is 2.43 bits per heavy atom. The quantitative estimate of drug-likeness (QED) is 0.852. The summed E-state index contributed by atoms with van der Waals surface area (Å²) in [4.78, 5) is 4.29. The monoisotopic (exact) mass is 326 g/mol. The summed E-state index contributed by atoms with van der Waals surface area (Å²) >= 11 is 1.44. The Bertz CT molecular complexity index is 693. The van der Waals surface area contributed by atoms with Crippen molar-refractivity contribution in [2.45, 2.75) is 32.2 Å². The highest BCUT2D eigenvalue weighted by molar-refractivity contribution is 7.88. The molecule has 2 rings (SSSR count). The standard InChI is InChI=1S/C14H18N2O3S2/c1-10-8-20-14(15-10)11(2)16-21(18,19)9-13-5-3-12(7-17)4-6-13/h3-6,8,11,16-17H,7,9H2,1-2H3. The van der Waals surface area contributed by atoms with E-state index >= 15 is 0 Å². The summed E-state index contributed by atoms with van der Waals surface area (Å²) < 4.78 is 27.0. The minimum absolute atomic E-state index is 0.0499. The summed E-state index contributed by atoms with van der Waals surface area (Å²) in [6.07, 6.45) is 0. The Morgan fingerprint density at radius 2 is 1.90 bits per heavy atom. The number of nitrogens with zero attached hydrogens (tertiary/aromatic N) is 1. The van der Waals surface area contributed by atoms with Crippen LogP contribution in [0.4, 0.5) is 0 Å². The van der Waals surface area contributed by atoms with Crippen molar-refractivity contribution in [1.82, 2.24) is 9.71 Å². The van der Waals surface area contributed by atoms with Gasteiger partial charge in [-0.15, -0.1) is 11.3 Å². The topological polar surface area (TPSA) is 79.3 Å². The van der Waals surface area contributed by atoms with Crippen LogP contribution in [0.15, 0.2) is 29.6 Å². The van der Waals surface area contributed by atoms with Crippen LogP contribution < -0.4 is 4.72 Å². The average Bonchev–Trinajstić information content (AvgIpc) is 2.85. The fourth-order valence-electron chi connectivity index (χ4n) is 1.89. The molecule has 1 aromatic heterocycles. The number of hydrogen-bond donors (Lipinski definition) is 2. The summed E-state index contributed by atoms with van der Waals surface area (Å²) in [6.45, 7) is 3.61. The summed E-state index contributed by atoms with van der Waals surface area (Å²) in [5.41, 5.74) is 2.33. The van der Waals surface area contributed by atoms with Gasteiger partial charge in [0.05, 0.1) is 18.4 Å². The van der Waals surface area contributed by atoms with Gasteiger partial charge in [0.25, 0.3) is 0 Å². The number of sulfonamides is 1. The van der Waals surface area contributed by atoms with E-state index in [4.69, 9.17) is 5.11 Å². The first-order chi connectivity index (χ1) is 9.89. The van der Waals surface area contributed by atoms with Crippen LogP contribution in [0.1, 0.15) is 34.8 Å². The van der Waals surface area contributed by atoms with Crippen molar-refractivity contribution >= 4 is 21.4 Å². The van der Waals surface area contributed by atoms with E-state index in [1.54, 1.807) is 31.2 Å². The summed E-state index contributed by atoms with van der Waals surface area (Å²) in [7, 11) is -3.44. The Kier molecular flexibility index (Phi) is 5.10. The van der Waals surface area contributed by atoms with Crippen LogP contribution in [0.2, 0.25) is 0 Å². The molecule has 0 saturated carbocycles. The second-order valence-electron chi connectivity index (χ2n) is 4.90. The molecule has 0 aliphatic heterocycles. The molecule has 0 bridgehead atoms. The van der Waals surface area contributed by atoms with Crippen molar-refractivity contribution in [3.63, 3.8) is 0 Å². The van der Waals surface area contributed by atoms with E-state index in [1.165, 1.54) is 11.3 Å². The second kappa shape index (κ2) is 6.65. The van der Waals surface area contributed by atoms with Crippen LogP contribution in [0, 0.1) is 6.92 Å². The maximum absolute atomic E-state index is 12.2. The lowest BCUT2D eigenvalue weighted by Crippen LogP contribution is -2.28. The van der Waals surface area contributed by atoms with E-state index in [1.807, 2.05) is 12.3 Å².